The van der Waals surface area contributed by atoms with E-state index in [0.717, 1.165) is 18.2 Å². The number of allylic oxidation sites excluding steroid dienone is 1. The van der Waals surface area contributed by atoms with Crippen molar-refractivity contribution in [3.8, 4) is 0 Å². The molecule has 0 aromatic heterocycles. The van der Waals surface area contributed by atoms with Gasteiger partial charge in [0, 0.05) is 19.1 Å². The third kappa shape index (κ3) is 3.88. The number of hydrogen-bond donors (Lipinski definition) is 1. The van der Waals surface area contributed by atoms with Crippen molar-refractivity contribution in [3.05, 3.63) is 40.3 Å². The van der Waals surface area contributed by atoms with Gasteiger partial charge >= 0.3 is 0 Å². The van der Waals surface area contributed by atoms with Crippen LogP contribution < -0.4 is 4.72 Å². The summed E-state index contributed by atoms with van der Waals surface area (Å²) < 4.78 is 52.3. The average molecular weight is 370 g/mol. The number of piperidine rings is 1. The highest BCUT2D eigenvalue weighted by Gasteiger charge is 2.32. The molecule has 1 aliphatic heterocycles. The van der Waals surface area contributed by atoms with E-state index in [1.54, 1.807) is 6.08 Å². The molecule has 1 N–H and O–H groups in total. The van der Waals surface area contributed by atoms with Crippen molar-refractivity contribution in [3.63, 3.8) is 0 Å². The van der Waals surface area contributed by atoms with Gasteiger partial charge in [0.05, 0.1) is 11.2 Å². The minimum absolute atomic E-state index is 0.187. The lowest BCUT2D eigenvalue weighted by molar-refractivity contribution is 0.310. The molecule has 6 nitrogen and oxygen atoms in total. The van der Waals surface area contributed by atoms with E-state index in [1.807, 2.05) is 24.3 Å². The van der Waals surface area contributed by atoms with E-state index in [4.69, 9.17) is 0 Å². The fourth-order valence-electron chi connectivity index (χ4n) is 3.29. The number of sulfonamides is 2. The Labute approximate surface area is 143 Å². The third-order valence-electron chi connectivity index (χ3n) is 4.52. The highest BCUT2D eigenvalue weighted by atomic mass is 32.2. The largest absolute Gasteiger partial charge is 0.239 e. The number of nitrogens with one attached hydrogen (secondary N) is 1. The normalized spacial score (nSPS) is 20.5. The van der Waals surface area contributed by atoms with Gasteiger partial charge in [-0.15, -0.1) is 0 Å². The van der Waals surface area contributed by atoms with Gasteiger partial charge in [0.2, 0.25) is 20.0 Å². The minimum atomic E-state index is -3.48. The van der Waals surface area contributed by atoms with E-state index < -0.39 is 20.0 Å². The first kappa shape index (κ1) is 17.6. The predicted molar refractivity (Wildman–Crippen MR) is 94.2 cm³/mol. The Morgan fingerprint density at radius 1 is 1.04 bits per heavy atom. The summed E-state index contributed by atoms with van der Waals surface area (Å²) in [6, 6.07) is 7.65. The number of benzene rings is 1. The zero-order chi connectivity index (χ0) is 17.4. The first-order chi connectivity index (χ1) is 11.3. The molecule has 0 amide bonds. The molecule has 1 aromatic carbocycles. The number of nitrogens with zero attached hydrogens (tertiary/aromatic N) is 1. The van der Waals surface area contributed by atoms with Gasteiger partial charge in [0.25, 0.3) is 0 Å². The first-order valence-corrected chi connectivity index (χ1v) is 11.3. The summed E-state index contributed by atoms with van der Waals surface area (Å²) in [6.07, 6.45) is 5.13. The Bertz CT molecular complexity index is 852. The van der Waals surface area contributed by atoms with Crippen LogP contribution in [0.5, 0.6) is 0 Å². The molecule has 0 unspecified atom stereocenters. The van der Waals surface area contributed by atoms with Gasteiger partial charge in [0.15, 0.2) is 0 Å². The minimum Gasteiger partial charge on any atom is -0.213 e. The van der Waals surface area contributed by atoms with Gasteiger partial charge in [-0.3, -0.25) is 0 Å². The highest BCUT2D eigenvalue weighted by molar-refractivity contribution is 7.93. The molecule has 0 radical (unpaired) electrons. The van der Waals surface area contributed by atoms with Crippen LogP contribution in [0, 0.1) is 0 Å². The van der Waals surface area contributed by atoms with Crippen LogP contribution >= 0.6 is 0 Å². The van der Waals surface area contributed by atoms with E-state index >= 15 is 0 Å². The van der Waals surface area contributed by atoms with Crippen LogP contribution in [0.15, 0.2) is 29.2 Å². The standard InChI is InChI=1S/C16H22N2O4S2/c1-23(19,20)17-15-8-10-18(11-9-15)24(21,22)16-7-6-13-4-2-3-5-14(13)12-16/h2-5,12,15,17H,6-11H2,1H3. The van der Waals surface area contributed by atoms with Crippen molar-refractivity contribution in [2.75, 3.05) is 19.3 Å². The zero-order valence-corrected chi connectivity index (χ0v) is 15.2. The predicted octanol–water partition coefficient (Wildman–Crippen LogP) is 1.32. The highest BCUT2D eigenvalue weighted by Crippen LogP contribution is 2.30. The summed E-state index contributed by atoms with van der Waals surface area (Å²) >= 11 is 0. The fourth-order valence-corrected chi connectivity index (χ4v) is 5.79. The molecule has 1 aromatic rings. The lowest BCUT2D eigenvalue weighted by Crippen LogP contribution is -2.46. The number of fused-ring (bicyclic) bond motifs is 1. The molecule has 1 fully saturated rings. The Hall–Kier alpha value is -1.22. The van der Waals surface area contributed by atoms with Crippen molar-refractivity contribution < 1.29 is 16.8 Å². The molecule has 0 spiro atoms. The van der Waals surface area contributed by atoms with Gasteiger partial charge in [-0.2, -0.15) is 4.31 Å². The monoisotopic (exact) mass is 370 g/mol. The summed E-state index contributed by atoms with van der Waals surface area (Å²) in [4.78, 5) is 0.454. The van der Waals surface area contributed by atoms with Gasteiger partial charge in [-0.05, 0) is 42.9 Å². The first-order valence-electron chi connectivity index (χ1n) is 8.02. The van der Waals surface area contributed by atoms with Crippen molar-refractivity contribution in [2.24, 2.45) is 0 Å². The van der Waals surface area contributed by atoms with Gasteiger partial charge in [0.1, 0.15) is 0 Å². The Kier molecular flexibility index (Phi) is 4.83. The molecule has 8 heteroatoms. The van der Waals surface area contributed by atoms with E-state index in [1.165, 1.54) is 9.87 Å². The number of hydrogen-bond acceptors (Lipinski definition) is 4. The molecule has 3 rings (SSSR count). The second kappa shape index (κ2) is 6.59. The van der Waals surface area contributed by atoms with Crippen LogP contribution in [-0.4, -0.2) is 46.5 Å². The van der Waals surface area contributed by atoms with E-state index in [2.05, 4.69) is 4.72 Å². The average Bonchev–Trinajstić information content (AvgIpc) is 2.53. The quantitative estimate of drug-likeness (QED) is 0.866. The van der Waals surface area contributed by atoms with Gasteiger partial charge in [-0.1, -0.05) is 24.3 Å². The summed E-state index contributed by atoms with van der Waals surface area (Å²) in [5.74, 6) is 0. The topological polar surface area (TPSA) is 83.6 Å². The summed E-state index contributed by atoms with van der Waals surface area (Å²) in [6.45, 7) is 0.684. The van der Waals surface area contributed by atoms with Crippen LogP contribution in [0.4, 0.5) is 0 Å². The Balaban J connectivity index is 1.73. The van der Waals surface area contributed by atoms with E-state index in [-0.39, 0.29) is 6.04 Å². The maximum Gasteiger partial charge on any atom is 0.239 e. The zero-order valence-electron chi connectivity index (χ0n) is 13.6. The summed E-state index contributed by atoms with van der Waals surface area (Å²) in [7, 11) is -6.74. The molecule has 0 bridgehead atoms. The van der Waals surface area contributed by atoms with Crippen LogP contribution in [-0.2, 0) is 26.5 Å². The van der Waals surface area contributed by atoms with Crippen molar-refractivity contribution >= 4 is 26.1 Å². The molecule has 1 saturated heterocycles. The maximum atomic E-state index is 12.9. The van der Waals surface area contributed by atoms with Crippen LogP contribution in [0.1, 0.15) is 30.4 Å². The molecular formula is C16H22N2O4S2. The lowest BCUT2D eigenvalue weighted by atomic mass is 9.98. The lowest BCUT2D eigenvalue weighted by Gasteiger charge is -2.32. The molecule has 0 atom stereocenters. The molecular weight excluding hydrogens is 348 g/mol. The second-order valence-electron chi connectivity index (χ2n) is 6.38. The van der Waals surface area contributed by atoms with E-state index in [9.17, 15) is 16.8 Å². The fraction of sp³-hybridized carbons (Fsp3) is 0.500. The van der Waals surface area contributed by atoms with Crippen LogP contribution in [0.3, 0.4) is 0 Å². The molecule has 1 aliphatic carbocycles. The second-order valence-corrected chi connectivity index (χ2v) is 10.1. The molecule has 0 saturated carbocycles. The molecule has 2 aliphatic rings. The van der Waals surface area contributed by atoms with E-state index in [0.29, 0.717) is 37.3 Å². The van der Waals surface area contributed by atoms with Crippen molar-refractivity contribution in [2.45, 2.75) is 31.7 Å². The number of rotatable bonds is 4. The van der Waals surface area contributed by atoms with Crippen LogP contribution in [0.25, 0.3) is 6.08 Å². The summed E-state index contributed by atoms with van der Waals surface area (Å²) in [5, 5.41) is 0. The van der Waals surface area contributed by atoms with Crippen LogP contribution in [0.2, 0.25) is 0 Å². The molecule has 24 heavy (non-hydrogen) atoms. The number of aryl methyl sites for hydroxylation is 1. The third-order valence-corrected chi connectivity index (χ3v) is 7.31. The Morgan fingerprint density at radius 3 is 2.38 bits per heavy atom. The van der Waals surface area contributed by atoms with Gasteiger partial charge < -0.3 is 0 Å². The molecule has 1 heterocycles. The van der Waals surface area contributed by atoms with Crippen molar-refractivity contribution in [1.29, 1.82) is 0 Å². The Morgan fingerprint density at radius 2 is 1.71 bits per heavy atom. The molecule has 132 valence electrons. The van der Waals surface area contributed by atoms with Gasteiger partial charge in [-0.25, -0.2) is 21.6 Å². The SMILES string of the molecule is CS(=O)(=O)NC1CCN(S(=O)(=O)C2=Cc3ccccc3CC2)CC1. The van der Waals surface area contributed by atoms with Crippen molar-refractivity contribution in [1.82, 2.24) is 9.03 Å². The smallest absolute Gasteiger partial charge is 0.213 e. The maximum absolute atomic E-state index is 12.9. The summed E-state index contributed by atoms with van der Waals surface area (Å²) in [5.41, 5.74) is 2.14.